The van der Waals surface area contributed by atoms with Crippen LogP contribution in [-0.2, 0) is 0 Å². The van der Waals surface area contributed by atoms with Crippen molar-refractivity contribution in [2.75, 3.05) is 5.32 Å². The van der Waals surface area contributed by atoms with E-state index in [1.54, 1.807) is 0 Å². The molecule has 0 aliphatic heterocycles. The molecular formula is C31H23NS. The molecule has 33 heavy (non-hydrogen) atoms. The van der Waals surface area contributed by atoms with Crippen molar-refractivity contribution in [3.05, 3.63) is 127 Å². The molecule has 158 valence electrons. The van der Waals surface area contributed by atoms with Crippen LogP contribution in [-0.4, -0.2) is 0 Å². The fraction of sp³-hybridized carbons (Fsp3) is 0.0323. The lowest BCUT2D eigenvalue weighted by Crippen LogP contribution is -1.93. The van der Waals surface area contributed by atoms with E-state index in [4.69, 9.17) is 0 Å². The van der Waals surface area contributed by atoms with E-state index in [0.29, 0.717) is 0 Å². The molecule has 0 radical (unpaired) electrons. The Morgan fingerprint density at radius 2 is 1.42 bits per heavy atom. The number of allylic oxidation sites excluding steroid dienone is 6. The summed E-state index contributed by atoms with van der Waals surface area (Å²) in [7, 11) is 0. The van der Waals surface area contributed by atoms with Crippen LogP contribution in [0.4, 0.5) is 11.4 Å². The predicted octanol–water partition coefficient (Wildman–Crippen LogP) is 9.36. The summed E-state index contributed by atoms with van der Waals surface area (Å²) in [6, 6.07) is 32.7. The first kappa shape index (κ1) is 19.8. The van der Waals surface area contributed by atoms with E-state index in [1.807, 2.05) is 11.3 Å². The van der Waals surface area contributed by atoms with E-state index in [0.717, 1.165) is 17.8 Å². The molecule has 2 heteroatoms. The van der Waals surface area contributed by atoms with E-state index in [9.17, 15) is 0 Å². The van der Waals surface area contributed by atoms with Crippen LogP contribution in [0.2, 0.25) is 0 Å². The van der Waals surface area contributed by atoms with Gasteiger partial charge in [0.2, 0.25) is 0 Å². The summed E-state index contributed by atoms with van der Waals surface area (Å²) in [5, 5.41) is 6.33. The Morgan fingerprint density at radius 3 is 2.36 bits per heavy atom. The lowest BCUT2D eigenvalue weighted by atomic mass is 9.97. The van der Waals surface area contributed by atoms with Crippen LogP contribution < -0.4 is 5.32 Å². The summed E-state index contributed by atoms with van der Waals surface area (Å²) < 4.78 is 2.64. The van der Waals surface area contributed by atoms with Crippen molar-refractivity contribution in [1.82, 2.24) is 0 Å². The van der Waals surface area contributed by atoms with Gasteiger partial charge < -0.3 is 5.32 Å². The molecule has 1 nitrogen and oxygen atoms in total. The number of hydrogen-bond donors (Lipinski definition) is 1. The van der Waals surface area contributed by atoms with Crippen molar-refractivity contribution < 1.29 is 0 Å². The number of fused-ring (bicyclic) bond motifs is 3. The van der Waals surface area contributed by atoms with Crippen molar-refractivity contribution in [2.45, 2.75) is 6.42 Å². The number of thiophene rings is 1. The molecule has 6 rings (SSSR count). The molecule has 0 spiro atoms. The van der Waals surface area contributed by atoms with Gasteiger partial charge in [-0.05, 0) is 65.1 Å². The quantitative estimate of drug-likeness (QED) is 0.293. The average Bonchev–Trinajstić information content (AvgIpc) is 3.02. The van der Waals surface area contributed by atoms with Gasteiger partial charge in [0.1, 0.15) is 0 Å². The van der Waals surface area contributed by atoms with E-state index >= 15 is 0 Å². The van der Waals surface area contributed by atoms with Gasteiger partial charge in [0.05, 0.1) is 0 Å². The Morgan fingerprint density at radius 1 is 0.606 bits per heavy atom. The molecule has 0 atom stereocenters. The lowest BCUT2D eigenvalue weighted by Gasteiger charge is -2.13. The maximum atomic E-state index is 3.68. The summed E-state index contributed by atoms with van der Waals surface area (Å²) in [6.45, 7) is 0. The highest BCUT2D eigenvalue weighted by Crippen LogP contribution is 2.36. The SMILES string of the molecule is C1=CCC=CC(c2cc(Nc3ccc4c(c3)sc3ccccc34)cc(-c3ccccc3)c2)=C1. The van der Waals surface area contributed by atoms with Crippen LogP contribution in [0.3, 0.4) is 0 Å². The van der Waals surface area contributed by atoms with Crippen LogP contribution in [0.15, 0.2) is 121 Å². The number of anilines is 2. The minimum absolute atomic E-state index is 0.971. The second-order valence-electron chi connectivity index (χ2n) is 8.29. The van der Waals surface area contributed by atoms with E-state index in [2.05, 4.69) is 127 Å². The highest BCUT2D eigenvalue weighted by molar-refractivity contribution is 7.25. The first-order valence-electron chi connectivity index (χ1n) is 11.3. The molecule has 5 aromatic rings. The Hall–Kier alpha value is -3.88. The van der Waals surface area contributed by atoms with E-state index in [1.165, 1.54) is 42.4 Å². The predicted molar refractivity (Wildman–Crippen MR) is 145 cm³/mol. The minimum Gasteiger partial charge on any atom is -0.355 e. The Bertz CT molecular complexity index is 1550. The standard InChI is InChI=1S/C31H23NS/c1-2-5-11-22(10-4-1)24-18-25(23-12-6-3-7-13-23)20-27(19-24)32-26-16-17-29-28-14-8-9-15-30(28)33-31(29)21-26/h1,3-21,32H,2H2. The van der Waals surface area contributed by atoms with E-state index in [-0.39, 0.29) is 0 Å². The molecule has 1 aliphatic carbocycles. The maximum Gasteiger partial charge on any atom is 0.0398 e. The van der Waals surface area contributed by atoms with Crippen molar-refractivity contribution in [3.8, 4) is 11.1 Å². The summed E-state index contributed by atoms with van der Waals surface area (Å²) in [6.07, 6.45) is 11.9. The lowest BCUT2D eigenvalue weighted by molar-refractivity contribution is 1.41. The molecule has 1 aromatic heterocycles. The Kier molecular flexibility index (Phi) is 5.14. The van der Waals surface area contributed by atoms with Crippen molar-refractivity contribution in [2.24, 2.45) is 0 Å². The van der Waals surface area contributed by atoms with Gasteiger partial charge in [0, 0.05) is 31.5 Å². The van der Waals surface area contributed by atoms with Crippen LogP contribution in [0.5, 0.6) is 0 Å². The smallest absolute Gasteiger partial charge is 0.0398 e. The van der Waals surface area contributed by atoms with Gasteiger partial charge in [-0.25, -0.2) is 0 Å². The average molecular weight is 442 g/mol. The molecule has 1 N–H and O–H groups in total. The second-order valence-corrected chi connectivity index (χ2v) is 9.37. The molecule has 1 aliphatic rings. The topological polar surface area (TPSA) is 12.0 Å². The molecule has 0 unspecified atom stereocenters. The van der Waals surface area contributed by atoms with Gasteiger partial charge in [0.15, 0.2) is 0 Å². The monoisotopic (exact) mass is 441 g/mol. The zero-order valence-corrected chi connectivity index (χ0v) is 19.0. The number of nitrogens with one attached hydrogen (secondary N) is 1. The maximum absolute atomic E-state index is 3.68. The molecule has 0 fully saturated rings. The normalized spacial score (nSPS) is 13.3. The molecule has 0 amide bonds. The van der Waals surface area contributed by atoms with Gasteiger partial charge in [-0.15, -0.1) is 11.3 Å². The second kappa shape index (κ2) is 8.57. The molecule has 1 heterocycles. The summed E-state index contributed by atoms with van der Waals surface area (Å²) in [4.78, 5) is 0. The zero-order chi connectivity index (χ0) is 22.0. The van der Waals surface area contributed by atoms with Gasteiger partial charge in [-0.2, -0.15) is 0 Å². The minimum atomic E-state index is 0.971. The zero-order valence-electron chi connectivity index (χ0n) is 18.2. The van der Waals surface area contributed by atoms with Crippen molar-refractivity contribution in [1.29, 1.82) is 0 Å². The van der Waals surface area contributed by atoms with Crippen LogP contribution in [0.1, 0.15) is 12.0 Å². The van der Waals surface area contributed by atoms with E-state index < -0.39 is 0 Å². The first-order valence-corrected chi connectivity index (χ1v) is 12.1. The number of rotatable bonds is 4. The summed E-state index contributed by atoms with van der Waals surface area (Å²) in [5.74, 6) is 0. The first-order chi connectivity index (χ1) is 16.3. The summed E-state index contributed by atoms with van der Waals surface area (Å²) >= 11 is 1.85. The number of benzene rings is 4. The van der Waals surface area contributed by atoms with Crippen LogP contribution in [0, 0.1) is 0 Å². The van der Waals surface area contributed by atoms with Gasteiger partial charge in [0.25, 0.3) is 0 Å². The van der Waals surface area contributed by atoms with Crippen molar-refractivity contribution >= 4 is 48.5 Å². The van der Waals surface area contributed by atoms with Gasteiger partial charge >= 0.3 is 0 Å². The van der Waals surface area contributed by atoms with Crippen molar-refractivity contribution in [3.63, 3.8) is 0 Å². The molecule has 0 saturated carbocycles. The Balaban J connectivity index is 1.43. The van der Waals surface area contributed by atoms with Crippen LogP contribution >= 0.6 is 11.3 Å². The summed E-state index contributed by atoms with van der Waals surface area (Å²) in [5.41, 5.74) is 7.07. The molecule has 0 bridgehead atoms. The fourth-order valence-electron chi connectivity index (χ4n) is 4.41. The van der Waals surface area contributed by atoms with Crippen LogP contribution in [0.25, 0.3) is 36.9 Å². The third-order valence-electron chi connectivity index (χ3n) is 6.02. The van der Waals surface area contributed by atoms with Gasteiger partial charge in [-0.3, -0.25) is 0 Å². The number of hydrogen-bond acceptors (Lipinski definition) is 2. The van der Waals surface area contributed by atoms with Gasteiger partial charge in [-0.1, -0.05) is 85.0 Å². The molecule has 4 aromatic carbocycles. The highest BCUT2D eigenvalue weighted by Gasteiger charge is 2.09. The third kappa shape index (κ3) is 4.02. The fourth-order valence-corrected chi connectivity index (χ4v) is 5.55. The largest absolute Gasteiger partial charge is 0.355 e. The molecular weight excluding hydrogens is 418 g/mol. The molecule has 0 saturated heterocycles. The highest BCUT2D eigenvalue weighted by atomic mass is 32.1. The Labute approximate surface area is 198 Å². The third-order valence-corrected chi connectivity index (χ3v) is 7.16.